The van der Waals surface area contributed by atoms with Crippen LogP contribution in [0.5, 0.6) is 11.5 Å². The lowest BCUT2D eigenvalue weighted by molar-refractivity contribution is -0.177. The first-order valence-corrected chi connectivity index (χ1v) is 13.8. The second-order valence-electron chi connectivity index (χ2n) is 13.9. The Hall–Kier alpha value is -2.23. The smallest absolute Gasteiger partial charge is 0.309 e. The Morgan fingerprint density at radius 1 is 1.06 bits per heavy atom. The molecule has 0 heterocycles. The van der Waals surface area contributed by atoms with Crippen LogP contribution in [0.3, 0.4) is 0 Å². The first kappa shape index (κ1) is 25.4. The molecule has 0 aromatic heterocycles. The van der Waals surface area contributed by atoms with Crippen LogP contribution in [-0.4, -0.2) is 21.3 Å². The van der Waals surface area contributed by atoms with Crippen molar-refractivity contribution in [1.82, 2.24) is 0 Å². The molecule has 0 aliphatic heterocycles. The van der Waals surface area contributed by atoms with E-state index in [0.29, 0.717) is 5.92 Å². The summed E-state index contributed by atoms with van der Waals surface area (Å²) < 4.78 is 0. The van der Waals surface area contributed by atoms with Crippen molar-refractivity contribution in [3.8, 4) is 11.5 Å². The SMILES string of the molecule is C=CCC1C=C2[C@@](C)(CC[C@@]3(C)[C@@H]4C[C@](C)(C(=O)O)CC[C@]4(C)CC[C@]23C)c2cc(O)c(O)c(C)c21. The summed E-state index contributed by atoms with van der Waals surface area (Å²) in [7, 11) is 0. The Balaban J connectivity index is 1.69. The van der Waals surface area contributed by atoms with E-state index in [4.69, 9.17) is 0 Å². The predicted molar refractivity (Wildman–Crippen MR) is 143 cm³/mol. The molecule has 4 aliphatic rings. The Morgan fingerprint density at radius 3 is 2.36 bits per heavy atom. The Kier molecular flexibility index (Phi) is 5.40. The summed E-state index contributed by atoms with van der Waals surface area (Å²) in [6, 6.07) is 1.82. The first-order chi connectivity index (χ1) is 16.7. The van der Waals surface area contributed by atoms with Crippen LogP contribution in [0.2, 0.25) is 0 Å². The zero-order valence-corrected chi connectivity index (χ0v) is 23.0. The summed E-state index contributed by atoms with van der Waals surface area (Å²) >= 11 is 0. The van der Waals surface area contributed by atoms with Gasteiger partial charge in [0, 0.05) is 11.3 Å². The fourth-order valence-corrected chi connectivity index (χ4v) is 9.41. The molecule has 7 atom stereocenters. The number of phenols is 2. The number of phenolic OH excluding ortho intramolecular Hbond substituents is 2. The third kappa shape index (κ3) is 3.02. The van der Waals surface area contributed by atoms with E-state index in [1.165, 1.54) is 5.57 Å². The number of allylic oxidation sites excluding steroid dienone is 3. The molecule has 5 rings (SSSR count). The molecule has 3 fully saturated rings. The van der Waals surface area contributed by atoms with Gasteiger partial charge in [-0.05, 0) is 110 Å². The molecule has 0 saturated heterocycles. The number of hydrogen-bond donors (Lipinski definition) is 3. The van der Waals surface area contributed by atoms with Crippen LogP contribution in [0.25, 0.3) is 0 Å². The molecule has 0 spiro atoms. The molecule has 4 heteroatoms. The van der Waals surface area contributed by atoms with Gasteiger partial charge in [-0.2, -0.15) is 0 Å². The molecule has 3 N–H and O–H groups in total. The van der Waals surface area contributed by atoms with E-state index in [9.17, 15) is 20.1 Å². The summed E-state index contributed by atoms with van der Waals surface area (Å²) in [6.45, 7) is 17.6. The largest absolute Gasteiger partial charge is 0.504 e. The number of fused-ring (bicyclic) bond motifs is 7. The van der Waals surface area contributed by atoms with Crippen molar-refractivity contribution in [2.75, 3.05) is 0 Å². The van der Waals surface area contributed by atoms with Crippen LogP contribution in [0.1, 0.15) is 109 Å². The first-order valence-electron chi connectivity index (χ1n) is 13.8. The summed E-state index contributed by atoms with van der Waals surface area (Å²) in [4.78, 5) is 12.4. The van der Waals surface area contributed by atoms with Gasteiger partial charge in [-0.15, -0.1) is 6.58 Å². The van der Waals surface area contributed by atoms with Gasteiger partial charge >= 0.3 is 5.97 Å². The van der Waals surface area contributed by atoms with Crippen molar-refractivity contribution in [2.24, 2.45) is 27.6 Å². The van der Waals surface area contributed by atoms with E-state index in [0.717, 1.165) is 68.1 Å². The van der Waals surface area contributed by atoms with Crippen molar-refractivity contribution in [1.29, 1.82) is 0 Å². The van der Waals surface area contributed by atoms with Gasteiger partial charge in [0.25, 0.3) is 0 Å². The zero-order chi connectivity index (χ0) is 26.5. The minimum Gasteiger partial charge on any atom is -0.504 e. The second-order valence-corrected chi connectivity index (χ2v) is 13.9. The molecule has 3 saturated carbocycles. The summed E-state index contributed by atoms with van der Waals surface area (Å²) in [5, 5.41) is 31.4. The van der Waals surface area contributed by atoms with Crippen LogP contribution in [0.15, 0.2) is 30.4 Å². The molecule has 36 heavy (non-hydrogen) atoms. The van der Waals surface area contributed by atoms with E-state index in [1.54, 1.807) is 0 Å². The van der Waals surface area contributed by atoms with E-state index in [1.807, 2.05) is 26.0 Å². The lowest BCUT2D eigenvalue weighted by atomic mass is 9.34. The van der Waals surface area contributed by atoms with Gasteiger partial charge in [0.05, 0.1) is 5.41 Å². The number of aromatic hydroxyl groups is 2. The van der Waals surface area contributed by atoms with Crippen LogP contribution < -0.4 is 0 Å². The summed E-state index contributed by atoms with van der Waals surface area (Å²) in [5.41, 5.74) is 3.72. The highest BCUT2D eigenvalue weighted by Gasteiger charge is 2.67. The Labute approximate surface area is 216 Å². The lowest BCUT2D eigenvalue weighted by Gasteiger charge is -2.70. The minimum absolute atomic E-state index is 0.00723. The molecule has 0 amide bonds. The van der Waals surface area contributed by atoms with Crippen LogP contribution in [0, 0.1) is 34.5 Å². The highest BCUT2D eigenvalue weighted by Crippen LogP contribution is 2.75. The molecular weight excluding hydrogens is 448 g/mol. The van der Waals surface area contributed by atoms with Crippen molar-refractivity contribution in [3.63, 3.8) is 0 Å². The zero-order valence-electron chi connectivity index (χ0n) is 23.0. The number of benzene rings is 1. The highest BCUT2D eigenvalue weighted by molar-refractivity contribution is 5.74. The number of carboxylic acids is 1. The number of hydrogen-bond acceptors (Lipinski definition) is 3. The second kappa shape index (κ2) is 7.65. The third-order valence-corrected chi connectivity index (χ3v) is 12.1. The highest BCUT2D eigenvalue weighted by atomic mass is 16.4. The van der Waals surface area contributed by atoms with Gasteiger partial charge in [0.2, 0.25) is 0 Å². The van der Waals surface area contributed by atoms with Crippen molar-refractivity contribution in [3.05, 3.63) is 47.1 Å². The van der Waals surface area contributed by atoms with Gasteiger partial charge in [0.1, 0.15) is 0 Å². The normalized spacial score (nSPS) is 43.3. The average molecular weight is 493 g/mol. The molecule has 0 bridgehead atoms. The van der Waals surface area contributed by atoms with Crippen LogP contribution in [-0.2, 0) is 10.2 Å². The molecule has 1 aromatic rings. The number of carbonyl (C=O) groups is 1. The molecule has 4 nitrogen and oxygen atoms in total. The van der Waals surface area contributed by atoms with Gasteiger partial charge in [-0.25, -0.2) is 0 Å². The maximum Gasteiger partial charge on any atom is 0.309 e. The van der Waals surface area contributed by atoms with Gasteiger partial charge in [0.15, 0.2) is 11.5 Å². The van der Waals surface area contributed by atoms with Crippen LogP contribution in [0.4, 0.5) is 0 Å². The van der Waals surface area contributed by atoms with E-state index >= 15 is 0 Å². The molecule has 196 valence electrons. The van der Waals surface area contributed by atoms with E-state index in [2.05, 4.69) is 40.3 Å². The van der Waals surface area contributed by atoms with Gasteiger partial charge < -0.3 is 15.3 Å². The Morgan fingerprint density at radius 2 is 1.72 bits per heavy atom. The van der Waals surface area contributed by atoms with Crippen LogP contribution >= 0.6 is 0 Å². The Bertz CT molecular complexity index is 1180. The lowest BCUT2D eigenvalue weighted by Crippen LogP contribution is -2.62. The van der Waals surface area contributed by atoms with Crippen molar-refractivity contribution in [2.45, 2.75) is 104 Å². The number of carboxylic acid groups (broad SMARTS) is 1. The fraction of sp³-hybridized carbons (Fsp3) is 0.656. The summed E-state index contributed by atoms with van der Waals surface area (Å²) in [6.07, 6.45) is 11.9. The topological polar surface area (TPSA) is 77.8 Å². The molecule has 1 unspecified atom stereocenters. The average Bonchev–Trinajstić information content (AvgIpc) is 2.82. The van der Waals surface area contributed by atoms with Gasteiger partial charge in [-0.3, -0.25) is 4.79 Å². The van der Waals surface area contributed by atoms with E-state index in [-0.39, 0.29) is 39.1 Å². The molecule has 4 aliphatic carbocycles. The molecule has 1 aromatic carbocycles. The van der Waals surface area contributed by atoms with E-state index < -0.39 is 11.4 Å². The minimum atomic E-state index is -0.661. The molecular formula is C32H44O4. The van der Waals surface area contributed by atoms with Crippen molar-refractivity contribution >= 4 is 5.97 Å². The fourth-order valence-electron chi connectivity index (χ4n) is 9.41. The van der Waals surface area contributed by atoms with Crippen molar-refractivity contribution < 1.29 is 20.1 Å². The quantitative estimate of drug-likeness (QED) is 0.298. The monoisotopic (exact) mass is 492 g/mol. The predicted octanol–water partition coefficient (Wildman–Crippen LogP) is 7.76. The third-order valence-electron chi connectivity index (χ3n) is 12.1. The molecule has 0 radical (unpaired) electrons. The number of aliphatic carboxylic acids is 1. The standard InChI is InChI=1S/C32H44O4/c1-8-9-20-16-23-30(5,21-17-22(33)26(34)19(2)25(20)21)13-15-32(7)24-18-29(4,27(35)36)11-10-28(24,3)12-14-31(23,32)6/h8,16-17,20,24,33-34H,1,9-15,18H2,2-7H3,(H,35,36)/t20?,24-,28-,29-,30+,31-,32+/m1/s1. The summed E-state index contributed by atoms with van der Waals surface area (Å²) in [5.74, 6) is -0.249. The maximum absolute atomic E-state index is 12.4. The number of rotatable bonds is 3. The maximum atomic E-state index is 12.4. The van der Waals surface area contributed by atoms with Gasteiger partial charge in [-0.1, -0.05) is 45.4 Å².